The molecule has 0 fully saturated rings. The highest BCUT2D eigenvalue weighted by Gasteiger charge is 2.14. The average molecular weight is 351 g/mol. The van der Waals surface area contributed by atoms with Gasteiger partial charge in [0, 0.05) is 22.9 Å². The number of halogens is 2. The van der Waals surface area contributed by atoms with Crippen LogP contribution in [-0.4, -0.2) is 11.5 Å². The second-order valence-corrected chi connectivity index (χ2v) is 6.13. The molecule has 1 atom stereocenters. The summed E-state index contributed by atoms with van der Waals surface area (Å²) in [6.07, 6.45) is 5.45. The van der Waals surface area contributed by atoms with E-state index < -0.39 is 0 Å². The van der Waals surface area contributed by atoms with Gasteiger partial charge < -0.3 is 5.32 Å². The van der Waals surface area contributed by atoms with Gasteiger partial charge in [-0.1, -0.05) is 13.0 Å². The summed E-state index contributed by atoms with van der Waals surface area (Å²) in [5, 5.41) is 3.52. The fourth-order valence-corrected chi connectivity index (χ4v) is 2.71. The minimum atomic E-state index is -0.183. The first-order chi connectivity index (χ1) is 10.1. The van der Waals surface area contributed by atoms with Gasteiger partial charge in [0.05, 0.1) is 0 Å². The van der Waals surface area contributed by atoms with Gasteiger partial charge in [-0.05, 0) is 77.1 Å². The molecule has 1 N–H and O–H groups in total. The third kappa shape index (κ3) is 4.61. The number of rotatable bonds is 6. The molecule has 0 aliphatic carbocycles. The van der Waals surface area contributed by atoms with Gasteiger partial charge >= 0.3 is 0 Å². The molecule has 21 heavy (non-hydrogen) atoms. The number of benzene rings is 1. The Balaban J connectivity index is 2.25. The van der Waals surface area contributed by atoms with Crippen LogP contribution in [0.2, 0.25) is 0 Å². The van der Waals surface area contributed by atoms with Gasteiger partial charge in [-0.3, -0.25) is 4.98 Å². The maximum absolute atomic E-state index is 13.5. The van der Waals surface area contributed by atoms with E-state index in [4.69, 9.17) is 0 Å². The summed E-state index contributed by atoms with van der Waals surface area (Å²) in [6.45, 7) is 5.08. The van der Waals surface area contributed by atoms with E-state index in [1.807, 2.05) is 19.2 Å². The minimum absolute atomic E-state index is 0.135. The Labute approximate surface area is 133 Å². The normalized spacial score (nSPS) is 12.4. The summed E-state index contributed by atoms with van der Waals surface area (Å²) >= 11 is 3.46. The first-order valence-corrected chi connectivity index (χ1v) is 7.98. The number of pyridine rings is 1. The highest BCUT2D eigenvalue weighted by molar-refractivity contribution is 9.10. The van der Waals surface area contributed by atoms with Gasteiger partial charge in [0.2, 0.25) is 0 Å². The zero-order chi connectivity index (χ0) is 15.2. The second-order valence-electron chi connectivity index (χ2n) is 5.22. The minimum Gasteiger partial charge on any atom is -0.310 e. The fourth-order valence-electron chi connectivity index (χ4n) is 2.33. The summed E-state index contributed by atoms with van der Waals surface area (Å²) < 4.78 is 14.4. The van der Waals surface area contributed by atoms with E-state index in [1.165, 1.54) is 6.07 Å². The Hall–Kier alpha value is -1.26. The number of hydrogen-bond donors (Lipinski definition) is 1. The van der Waals surface area contributed by atoms with E-state index in [9.17, 15) is 4.39 Å². The predicted molar refractivity (Wildman–Crippen MR) is 87.8 cm³/mol. The van der Waals surface area contributed by atoms with Crippen molar-refractivity contribution in [3.05, 3.63) is 63.6 Å². The lowest BCUT2D eigenvalue weighted by Gasteiger charge is -2.20. The summed E-state index contributed by atoms with van der Waals surface area (Å²) in [5.74, 6) is -0.183. The average Bonchev–Trinajstić information content (AvgIpc) is 2.47. The van der Waals surface area contributed by atoms with Crippen molar-refractivity contribution in [1.29, 1.82) is 0 Å². The molecule has 0 bridgehead atoms. The predicted octanol–water partition coefficient (Wildman–Crippen LogP) is 4.58. The fraction of sp³-hybridized carbons (Fsp3) is 0.353. The van der Waals surface area contributed by atoms with E-state index in [-0.39, 0.29) is 11.9 Å². The summed E-state index contributed by atoms with van der Waals surface area (Å²) in [4.78, 5) is 4.23. The van der Waals surface area contributed by atoms with Crippen LogP contribution in [0.25, 0.3) is 0 Å². The van der Waals surface area contributed by atoms with Gasteiger partial charge in [-0.15, -0.1) is 0 Å². The number of nitrogens with zero attached hydrogens (tertiary/aromatic N) is 1. The Morgan fingerprint density at radius 2 is 2.10 bits per heavy atom. The molecule has 0 radical (unpaired) electrons. The third-order valence-corrected chi connectivity index (χ3v) is 3.94. The number of aromatic nitrogens is 1. The van der Waals surface area contributed by atoms with Crippen molar-refractivity contribution in [1.82, 2.24) is 10.3 Å². The van der Waals surface area contributed by atoms with Gasteiger partial charge in [0.1, 0.15) is 5.82 Å². The molecule has 1 aromatic carbocycles. The van der Waals surface area contributed by atoms with Crippen LogP contribution in [-0.2, 0) is 6.42 Å². The lowest BCUT2D eigenvalue weighted by atomic mass is 9.97. The standard InChI is InChI=1S/C17H20BrFN2/c1-3-6-21-17(14-7-15(18)11-20-10-14)9-13-8-16(19)5-4-12(13)2/h4-5,7-8,10-11,17,21H,3,6,9H2,1-2H3. The largest absolute Gasteiger partial charge is 0.310 e. The van der Waals surface area contributed by atoms with Gasteiger partial charge in [-0.2, -0.15) is 0 Å². The van der Waals surface area contributed by atoms with E-state index >= 15 is 0 Å². The Bertz CT molecular complexity index is 601. The number of aryl methyl sites for hydroxylation is 1. The van der Waals surface area contributed by atoms with Crippen molar-refractivity contribution in [3.8, 4) is 0 Å². The molecule has 1 aromatic heterocycles. The Kier molecular flexibility index (Phi) is 5.88. The van der Waals surface area contributed by atoms with Crippen LogP contribution in [0, 0.1) is 12.7 Å². The first-order valence-electron chi connectivity index (χ1n) is 7.19. The highest BCUT2D eigenvalue weighted by Crippen LogP contribution is 2.23. The Morgan fingerprint density at radius 1 is 1.29 bits per heavy atom. The third-order valence-electron chi connectivity index (χ3n) is 3.50. The van der Waals surface area contributed by atoms with Crippen molar-refractivity contribution in [2.45, 2.75) is 32.7 Å². The van der Waals surface area contributed by atoms with E-state index in [1.54, 1.807) is 12.3 Å². The SMILES string of the molecule is CCCNC(Cc1cc(F)ccc1C)c1cncc(Br)c1. The van der Waals surface area contributed by atoms with Gasteiger partial charge in [0.25, 0.3) is 0 Å². The molecular weight excluding hydrogens is 331 g/mol. The smallest absolute Gasteiger partial charge is 0.123 e. The molecule has 1 unspecified atom stereocenters. The van der Waals surface area contributed by atoms with Crippen LogP contribution in [0.3, 0.4) is 0 Å². The summed E-state index contributed by atoms with van der Waals surface area (Å²) in [7, 11) is 0. The molecular formula is C17H20BrFN2. The first kappa shape index (κ1) is 16.1. The lowest BCUT2D eigenvalue weighted by molar-refractivity contribution is 0.524. The summed E-state index contributed by atoms with van der Waals surface area (Å²) in [5.41, 5.74) is 3.26. The maximum Gasteiger partial charge on any atom is 0.123 e. The molecule has 0 amide bonds. The topological polar surface area (TPSA) is 24.9 Å². The van der Waals surface area contributed by atoms with Crippen LogP contribution in [0.5, 0.6) is 0 Å². The van der Waals surface area contributed by atoms with Crippen molar-refractivity contribution in [2.75, 3.05) is 6.54 Å². The van der Waals surface area contributed by atoms with Crippen molar-refractivity contribution >= 4 is 15.9 Å². The van der Waals surface area contributed by atoms with E-state index in [0.717, 1.165) is 40.5 Å². The van der Waals surface area contributed by atoms with Crippen molar-refractivity contribution in [2.24, 2.45) is 0 Å². The molecule has 2 aromatic rings. The molecule has 0 saturated carbocycles. The second kappa shape index (κ2) is 7.66. The molecule has 4 heteroatoms. The van der Waals surface area contributed by atoms with Crippen molar-refractivity contribution in [3.63, 3.8) is 0 Å². The molecule has 2 rings (SSSR count). The molecule has 0 aliphatic heterocycles. The van der Waals surface area contributed by atoms with E-state index in [0.29, 0.717) is 0 Å². The van der Waals surface area contributed by atoms with Crippen LogP contribution < -0.4 is 5.32 Å². The quantitative estimate of drug-likeness (QED) is 0.824. The molecule has 2 nitrogen and oxygen atoms in total. The van der Waals surface area contributed by atoms with Crippen LogP contribution in [0.1, 0.15) is 36.1 Å². The maximum atomic E-state index is 13.5. The molecule has 0 saturated heterocycles. The molecule has 0 aliphatic rings. The van der Waals surface area contributed by atoms with Crippen LogP contribution in [0.4, 0.5) is 4.39 Å². The monoisotopic (exact) mass is 350 g/mol. The number of hydrogen-bond acceptors (Lipinski definition) is 2. The zero-order valence-electron chi connectivity index (χ0n) is 12.4. The lowest BCUT2D eigenvalue weighted by Crippen LogP contribution is -2.24. The van der Waals surface area contributed by atoms with Crippen LogP contribution in [0.15, 0.2) is 41.1 Å². The highest BCUT2D eigenvalue weighted by atomic mass is 79.9. The van der Waals surface area contributed by atoms with E-state index in [2.05, 4.69) is 39.2 Å². The number of nitrogens with one attached hydrogen (secondary N) is 1. The van der Waals surface area contributed by atoms with Gasteiger partial charge in [0.15, 0.2) is 0 Å². The van der Waals surface area contributed by atoms with Crippen LogP contribution >= 0.6 is 15.9 Å². The molecule has 1 heterocycles. The zero-order valence-corrected chi connectivity index (χ0v) is 14.0. The molecule has 0 spiro atoms. The summed E-state index contributed by atoms with van der Waals surface area (Å²) in [6, 6.07) is 7.17. The van der Waals surface area contributed by atoms with Gasteiger partial charge in [-0.25, -0.2) is 4.39 Å². The Morgan fingerprint density at radius 3 is 2.81 bits per heavy atom. The van der Waals surface area contributed by atoms with Crippen molar-refractivity contribution < 1.29 is 4.39 Å². The molecule has 112 valence electrons.